The van der Waals surface area contributed by atoms with Gasteiger partial charge in [0, 0.05) is 38.8 Å². The molecule has 3 rings (SSSR count). The molecule has 2 aromatic heterocycles. The van der Waals surface area contributed by atoms with Crippen LogP contribution in [0.3, 0.4) is 0 Å². The van der Waals surface area contributed by atoms with Crippen LogP contribution in [0.1, 0.15) is 12.0 Å². The number of hydrogen-bond acceptors (Lipinski definition) is 4. The zero-order chi connectivity index (χ0) is 17.8. The van der Waals surface area contributed by atoms with E-state index in [0.717, 1.165) is 16.6 Å². The first kappa shape index (κ1) is 16.8. The van der Waals surface area contributed by atoms with E-state index in [1.54, 1.807) is 35.6 Å². The fourth-order valence-electron chi connectivity index (χ4n) is 2.75. The van der Waals surface area contributed by atoms with Gasteiger partial charge >= 0.3 is 5.69 Å². The van der Waals surface area contributed by atoms with E-state index in [-0.39, 0.29) is 18.0 Å². The number of para-hydroxylation sites is 2. The molecule has 0 bridgehead atoms. The van der Waals surface area contributed by atoms with E-state index >= 15 is 0 Å². The molecule has 0 radical (unpaired) electrons. The Kier molecular flexibility index (Phi) is 4.83. The Bertz CT molecular complexity index is 958. The summed E-state index contributed by atoms with van der Waals surface area (Å²) in [5.74, 6) is 0.393. The number of nitrogens with one attached hydrogen (secondary N) is 1. The number of hydrogen-bond donors (Lipinski definition) is 1. The van der Waals surface area contributed by atoms with Gasteiger partial charge < -0.3 is 10.1 Å². The molecule has 0 saturated heterocycles. The van der Waals surface area contributed by atoms with E-state index in [0.29, 0.717) is 19.0 Å². The number of rotatable bonds is 6. The molecule has 0 aliphatic heterocycles. The molecule has 0 atom stereocenters. The maximum absolute atomic E-state index is 12.3. The third-order valence-corrected chi connectivity index (χ3v) is 4.11. The highest BCUT2D eigenvalue weighted by Gasteiger charge is 2.11. The summed E-state index contributed by atoms with van der Waals surface area (Å²) in [6, 6.07) is 11.1. The van der Waals surface area contributed by atoms with E-state index in [9.17, 15) is 9.59 Å². The zero-order valence-corrected chi connectivity index (χ0v) is 14.2. The number of nitrogens with zero attached hydrogens (tertiary/aromatic N) is 3. The fraction of sp³-hybridized carbons (Fsp3) is 0.278. The van der Waals surface area contributed by atoms with Crippen molar-refractivity contribution in [3.05, 3.63) is 58.6 Å². The lowest BCUT2D eigenvalue weighted by molar-refractivity contribution is -0.121. The van der Waals surface area contributed by atoms with E-state index in [4.69, 9.17) is 4.74 Å². The predicted octanol–water partition coefficient (Wildman–Crippen LogP) is 1.45. The molecule has 1 N–H and O–H groups in total. The molecule has 0 spiro atoms. The Morgan fingerprint density at radius 2 is 2.00 bits per heavy atom. The van der Waals surface area contributed by atoms with E-state index in [1.807, 2.05) is 30.3 Å². The van der Waals surface area contributed by atoms with Gasteiger partial charge in [-0.15, -0.1) is 0 Å². The second kappa shape index (κ2) is 7.21. The van der Waals surface area contributed by atoms with Crippen molar-refractivity contribution in [3.8, 4) is 5.88 Å². The summed E-state index contributed by atoms with van der Waals surface area (Å²) < 4.78 is 8.28. The summed E-state index contributed by atoms with van der Waals surface area (Å²) in [7, 11) is 3.28. The third-order valence-electron chi connectivity index (χ3n) is 4.11. The van der Waals surface area contributed by atoms with Gasteiger partial charge in [-0.1, -0.05) is 12.1 Å². The molecule has 0 fully saturated rings. The van der Waals surface area contributed by atoms with E-state index in [1.165, 1.54) is 0 Å². The summed E-state index contributed by atoms with van der Waals surface area (Å²) in [5.41, 5.74) is 2.48. The topological polar surface area (TPSA) is 78.1 Å². The van der Waals surface area contributed by atoms with Crippen LogP contribution in [0, 0.1) is 0 Å². The van der Waals surface area contributed by atoms with Crippen LogP contribution >= 0.6 is 0 Å². The average Bonchev–Trinajstić information content (AvgIpc) is 2.89. The molecule has 0 aliphatic rings. The highest BCUT2D eigenvalue weighted by Crippen LogP contribution is 2.12. The monoisotopic (exact) mass is 340 g/mol. The van der Waals surface area contributed by atoms with Gasteiger partial charge in [-0.25, -0.2) is 9.78 Å². The standard InChI is InChI=1S/C18H20N4O3/c1-21-14-5-3-4-6-15(14)22(18(21)24)10-8-16(23)20-12-13-7-9-19-17(11-13)25-2/h3-7,9,11H,8,10,12H2,1-2H3,(H,20,23). The zero-order valence-electron chi connectivity index (χ0n) is 14.2. The lowest BCUT2D eigenvalue weighted by atomic mass is 10.2. The van der Waals surface area contributed by atoms with Crippen LogP contribution in [-0.2, 0) is 24.9 Å². The van der Waals surface area contributed by atoms with Gasteiger partial charge in [0.1, 0.15) is 0 Å². The number of imidazole rings is 1. The van der Waals surface area contributed by atoms with Crippen molar-refractivity contribution >= 4 is 16.9 Å². The van der Waals surface area contributed by atoms with E-state index < -0.39 is 0 Å². The number of amides is 1. The number of benzene rings is 1. The summed E-state index contributed by atoms with van der Waals surface area (Å²) in [6.07, 6.45) is 1.87. The number of methoxy groups -OCH3 is 1. The molecule has 0 unspecified atom stereocenters. The van der Waals surface area contributed by atoms with Crippen LogP contribution in [0.25, 0.3) is 11.0 Å². The largest absolute Gasteiger partial charge is 0.481 e. The number of aromatic nitrogens is 3. The molecule has 0 saturated carbocycles. The minimum Gasteiger partial charge on any atom is -0.481 e. The van der Waals surface area contributed by atoms with Gasteiger partial charge in [0.15, 0.2) is 0 Å². The molecule has 0 aliphatic carbocycles. The molecule has 130 valence electrons. The van der Waals surface area contributed by atoms with Crippen molar-refractivity contribution in [2.45, 2.75) is 19.5 Å². The SMILES string of the molecule is COc1cc(CNC(=O)CCn2c(=O)n(C)c3ccccc32)ccn1. The Morgan fingerprint density at radius 3 is 2.76 bits per heavy atom. The fourth-order valence-corrected chi connectivity index (χ4v) is 2.75. The summed E-state index contributed by atoms with van der Waals surface area (Å²) in [4.78, 5) is 28.5. The van der Waals surface area contributed by atoms with Gasteiger partial charge in [-0.05, 0) is 23.8 Å². The van der Waals surface area contributed by atoms with Gasteiger partial charge in [0.25, 0.3) is 0 Å². The van der Waals surface area contributed by atoms with Crippen molar-refractivity contribution < 1.29 is 9.53 Å². The van der Waals surface area contributed by atoms with Crippen molar-refractivity contribution in [1.82, 2.24) is 19.4 Å². The Morgan fingerprint density at radius 1 is 1.24 bits per heavy atom. The lowest BCUT2D eigenvalue weighted by Crippen LogP contribution is -2.27. The number of carbonyl (C=O) groups is 1. The molecule has 2 heterocycles. The number of pyridine rings is 1. The Balaban J connectivity index is 1.63. The van der Waals surface area contributed by atoms with Crippen molar-refractivity contribution in [2.24, 2.45) is 7.05 Å². The quantitative estimate of drug-likeness (QED) is 0.737. The van der Waals surface area contributed by atoms with Crippen LogP contribution in [0.2, 0.25) is 0 Å². The first-order chi connectivity index (χ1) is 12.1. The van der Waals surface area contributed by atoms with Crippen LogP contribution in [0.5, 0.6) is 5.88 Å². The summed E-state index contributed by atoms with van der Waals surface area (Å²) >= 11 is 0. The van der Waals surface area contributed by atoms with Gasteiger partial charge in [-0.3, -0.25) is 13.9 Å². The summed E-state index contributed by atoms with van der Waals surface area (Å²) in [5, 5.41) is 2.85. The summed E-state index contributed by atoms with van der Waals surface area (Å²) in [6.45, 7) is 0.730. The van der Waals surface area contributed by atoms with Gasteiger partial charge in [-0.2, -0.15) is 0 Å². The van der Waals surface area contributed by atoms with Crippen LogP contribution in [0.15, 0.2) is 47.4 Å². The van der Waals surface area contributed by atoms with Gasteiger partial charge in [0.05, 0.1) is 18.1 Å². The number of ether oxygens (including phenoxy) is 1. The van der Waals surface area contributed by atoms with Crippen LogP contribution in [0.4, 0.5) is 0 Å². The number of fused-ring (bicyclic) bond motifs is 1. The molecule has 1 amide bonds. The lowest BCUT2D eigenvalue weighted by Gasteiger charge is -2.07. The Hall–Kier alpha value is -3.09. The Labute approximate surface area is 144 Å². The predicted molar refractivity (Wildman–Crippen MR) is 94.4 cm³/mol. The second-order valence-corrected chi connectivity index (χ2v) is 5.72. The maximum Gasteiger partial charge on any atom is 0.328 e. The highest BCUT2D eigenvalue weighted by molar-refractivity contribution is 5.77. The normalized spacial score (nSPS) is 10.8. The highest BCUT2D eigenvalue weighted by atomic mass is 16.5. The van der Waals surface area contributed by atoms with Crippen molar-refractivity contribution in [1.29, 1.82) is 0 Å². The average molecular weight is 340 g/mol. The maximum atomic E-state index is 12.3. The van der Waals surface area contributed by atoms with Crippen LogP contribution in [-0.4, -0.2) is 27.1 Å². The molecule has 7 heteroatoms. The molecular formula is C18H20N4O3. The first-order valence-corrected chi connectivity index (χ1v) is 8.00. The minimum atomic E-state index is -0.118. The van der Waals surface area contributed by atoms with Crippen LogP contribution < -0.4 is 15.7 Å². The number of aryl methyl sites for hydroxylation is 2. The molecule has 3 aromatic rings. The molecule has 25 heavy (non-hydrogen) atoms. The van der Waals surface area contributed by atoms with Crippen molar-refractivity contribution in [2.75, 3.05) is 7.11 Å². The smallest absolute Gasteiger partial charge is 0.328 e. The molecular weight excluding hydrogens is 320 g/mol. The second-order valence-electron chi connectivity index (χ2n) is 5.72. The van der Waals surface area contributed by atoms with E-state index in [2.05, 4.69) is 10.3 Å². The third kappa shape index (κ3) is 3.55. The first-order valence-electron chi connectivity index (χ1n) is 8.00. The van der Waals surface area contributed by atoms with Crippen molar-refractivity contribution in [3.63, 3.8) is 0 Å². The number of carbonyl (C=O) groups excluding carboxylic acids is 1. The van der Waals surface area contributed by atoms with Gasteiger partial charge in [0.2, 0.25) is 11.8 Å². The minimum absolute atomic E-state index is 0.115. The molecule has 7 nitrogen and oxygen atoms in total. The molecule has 1 aromatic carbocycles.